The molecule has 7 atom stereocenters. The van der Waals surface area contributed by atoms with Crippen LogP contribution in [0.3, 0.4) is 0 Å². The second kappa shape index (κ2) is 11.4. The normalized spacial score (nSPS) is 43.4. The predicted octanol–water partition coefficient (Wildman–Crippen LogP) is 8.36. The van der Waals surface area contributed by atoms with E-state index in [0.29, 0.717) is 30.2 Å². The van der Waals surface area contributed by atoms with E-state index in [-0.39, 0.29) is 0 Å². The van der Waals surface area contributed by atoms with Crippen LogP contribution >= 0.6 is 0 Å². The van der Waals surface area contributed by atoms with Crippen LogP contribution in [0.2, 0.25) is 17.5 Å². The Labute approximate surface area is 193 Å². The molecule has 0 radical (unpaired) electrons. The van der Waals surface area contributed by atoms with E-state index < -0.39 is 0 Å². The molecule has 0 aromatic heterocycles. The van der Waals surface area contributed by atoms with Gasteiger partial charge in [-0.05, 0) is 43.1 Å². The number of hydrogen-bond donors (Lipinski definition) is 0. The van der Waals surface area contributed by atoms with Crippen LogP contribution in [0.25, 0.3) is 0 Å². The summed E-state index contributed by atoms with van der Waals surface area (Å²) in [7, 11) is 0. The van der Waals surface area contributed by atoms with Crippen molar-refractivity contribution in [1.29, 1.82) is 0 Å². The minimum atomic E-state index is 0.487. The lowest BCUT2D eigenvalue weighted by atomic mass is 9.21. The van der Waals surface area contributed by atoms with Gasteiger partial charge in [0.05, 0.1) is 24.4 Å². The average Bonchev–Trinajstić information content (AvgIpc) is 2.84. The number of rotatable bonds is 0. The Morgan fingerprint density at radius 3 is 1.10 bits per heavy atom. The van der Waals surface area contributed by atoms with Crippen LogP contribution in [0.15, 0.2) is 0 Å². The summed E-state index contributed by atoms with van der Waals surface area (Å²) >= 11 is 0. The fourth-order valence-corrected chi connectivity index (χ4v) is 8.53. The molecule has 5 aliphatic rings. The molecule has 176 valence electrons. The summed E-state index contributed by atoms with van der Waals surface area (Å²) < 4.78 is 14.3. The fraction of sp³-hybridized carbons (Fsp3) is 1.00. The lowest BCUT2D eigenvalue weighted by molar-refractivity contribution is -0.112. The molecular weight excluding hydrogens is 379 g/mol. The molecule has 3 aliphatic carbocycles. The second-order valence-corrected chi connectivity index (χ2v) is 11.9. The zero-order valence-electron chi connectivity index (χ0n) is 20.3. The summed E-state index contributed by atoms with van der Waals surface area (Å²) in [4.78, 5) is 0. The van der Waals surface area contributed by atoms with Crippen LogP contribution in [0.4, 0.5) is 0 Å². The van der Waals surface area contributed by atoms with Gasteiger partial charge in [-0.15, -0.1) is 0 Å². The van der Waals surface area contributed by atoms with Crippen molar-refractivity contribution in [1.82, 2.24) is 0 Å². The monoisotopic (exact) mass is 428 g/mol. The van der Waals surface area contributed by atoms with Crippen molar-refractivity contribution >= 4 is 6.71 Å². The third kappa shape index (κ3) is 5.39. The Balaban J connectivity index is 1.47. The third-order valence-corrected chi connectivity index (χ3v) is 9.98. The van der Waals surface area contributed by atoms with Gasteiger partial charge in [0.15, 0.2) is 6.71 Å². The van der Waals surface area contributed by atoms with Crippen molar-refractivity contribution in [3.8, 4) is 0 Å². The van der Waals surface area contributed by atoms with Crippen LogP contribution in [0, 0.1) is 0 Å². The maximum absolute atomic E-state index is 7.15. The van der Waals surface area contributed by atoms with Crippen molar-refractivity contribution in [3.63, 3.8) is 0 Å². The van der Waals surface area contributed by atoms with Gasteiger partial charge >= 0.3 is 0 Å². The summed E-state index contributed by atoms with van der Waals surface area (Å²) in [5.41, 5.74) is 0. The van der Waals surface area contributed by atoms with Crippen molar-refractivity contribution < 1.29 is 9.47 Å². The van der Waals surface area contributed by atoms with Crippen LogP contribution in [-0.4, -0.2) is 31.1 Å². The lowest BCUT2D eigenvalue weighted by Gasteiger charge is -2.56. The van der Waals surface area contributed by atoms with Gasteiger partial charge in [0, 0.05) is 0 Å². The number of ether oxygens (including phenoxy) is 2. The highest BCUT2D eigenvalue weighted by molar-refractivity contribution is 6.65. The molecule has 2 saturated heterocycles. The first-order valence-corrected chi connectivity index (χ1v) is 14.7. The predicted molar refractivity (Wildman–Crippen MR) is 131 cm³/mol. The summed E-state index contributed by atoms with van der Waals surface area (Å²) in [6, 6.07) is 0. The average molecular weight is 429 g/mol. The largest absolute Gasteiger partial charge is 0.376 e. The van der Waals surface area contributed by atoms with Gasteiger partial charge in [0.1, 0.15) is 0 Å². The highest BCUT2D eigenvalue weighted by atomic mass is 16.5. The molecular formula is C28H49BO2. The topological polar surface area (TPSA) is 18.5 Å². The molecule has 5 rings (SSSR count). The van der Waals surface area contributed by atoms with Gasteiger partial charge < -0.3 is 9.47 Å². The minimum absolute atomic E-state index is 0.487. The van der Waals surface area contributed by atoms with Crippen LogP contribution in [0.5, 0.6) is 0 Å². The quantitative estimate of drug-likeness (QED) is 0.361. The van der Waals surface area contributed by atoms with Crippen molar-refractivity contribution in [2.24, 2.45) is 0 Å². The molecule has 31 heavy (non-hydrogen) atoms. The van der Waals surface area contributed by atoms with Crippen molar-refractivity contribution in [2.45, 2.75) is 177 Å². The van der Waals surface area contributed by atoms with E-state index >= 15 is 0 Å². The Bertz CT molecular complexity index is 539. The standard InChI is InChI=1S/C28H49BO2/c1-2-6-15-21-27-28-26(20-14-5-1)30-24-18-12-7-3-4-10-16-22(24)29(28)23-17-11-8-9-13-19-25(23)31-27/h22-28H,1-21H2. The SMILES string of the molecule is C1CCCCC2OC3CCCCCCC3B3C4CCCCCCCC4OC(CCC1)C32. The van der Waals surface area contributed by atoms with Gasteiger partial charge in [-0.25, -0.2) is 0 Å². The van der Waals surface area contributed by atoms with Gasteiger partial charge in [0.25, 0.3) is 0 Å². The molecule has 2 heterocycles. The third-order valence-electron chi connectivity index (χ3n) is 9.98. The van der Waals surface area contributed by atoms with Crippen LogP contribution < -0.4 is 0 Å². The molecule has 0 bridgehead atoms. The maximum Gasteiger partial charge on any atom is 0.162 e. The van der Waals surface area contributed by atoms with Gasteiger partial charge in [-0.3, -0.25) is 0 Å². The number of fused-ring (bicyclic) bond motifs is 4. The smallest absolute Gasteiger partial charge is 0.162 e. The van der Waals surface area contributed by atoms with Crippen LogP contribution in [0.1, 0.15) is 135 Å². The summed E-state index contributed by atoms with van der Waals surface area (Å²) in [6.45, 7) is 0.893. The van der Waals surface area contributed by atoms with Crippen molar-refractivity contribution in [3.05, 3.63) is 0 Å². The molecule has 0 spiro atoms. The molecule has 0 amide bonds. The second-order valence-electron chi connectivity index (χ2n) is 11.9. The lowest BCUT2D eigenvalue weighted by Crippen LogP contribution is -2.59. The maximum atomic E-state index is 7.15. The Hall–Kier alpha value is -0.0151. The minimum Gasteiger partial charge on any atom is -0.376 e. The molecule has 0 aromatic carbocycles. The van der Waals surface area contributed by atoms with E-state index in [1.165, 1.54) is 135 Å². The van der Waals surface area contributed by atoms with E-state index in [1.54, 1.807) is 0 Å². The first kappa shape index (κ1) is 22.8. The Kier molecular flexibility index (Phi) is 8.38. The van der Waals surface area contributed by atoms with Crippen LogP contribution in [-0.2, 0) is 9.47 Å². The highest BCUT2D eigenvalue weighted by Crippen LogP contribution is 2.56. The fourth-order valence-electron chi connectivity index (χ4n) is 8.53. The Morgan fingerprint density at radius 1 is 0.355 bits per heavy atom. The Morgan fingerprint density at radius 2 is 0.677 bits per heavy atom. The van der Waals surface area contributed by atoms with Gasteiger partial charge in [-0.1, -0.05) is 109 Å². The summed E-state index contributed by atoms with van der Waals surface area (Å²) in [5, 5.41) is 0. The van der Waals surface area contributed by atoms with Gasteiger partial charge in [-0.2, -0.15) is 0 Å². The van der Waals surface area contributed by atoms with E-state index in [1.807, 2.05) is 0 Å². The molecule has 0 aromatic rings. The molecule has 3 heteroatoms. The first-order chi connectivity index (χ1) is 15.4. The summed E-state index contributed by atoms with van der Waals surface area (Å²) in [6.07, 6.45) is 31.7. The molecule has 0 N–H and O–H groups in total. The van der Waals surface area contributed by atoms with Gasteiger partial charge in [0.2, 0.25) is 0 Å². The molecule has 7 unspecified atom stereocenters. The van der Waals surface area contributed by atoms with E-state index in [2.05, 4.69) is 0 Å². The highest BCUT2D eigenvalue weighted by Gasteiger charge is 2.57. The number of hydrogen-bond acceptors (Lipinski definition) is 2. The van der Waals surface area contributed by atoms with E-state index in [0.717, 1.165) is 18.3 Å². The molecule has 5 fully saturated rings. The summed E-state index contributed by atoms with van der Waals surface area (Å²) in [5.74, 6) is 2.34. The molecule has 2 nitrogen and oxygen atoms in total. The first-order valence-electron chi connectivity index (χ1n) is 14.7. The van der Waals surface area contributed by atoms with E-state index in [4.69, 9.17) is 9.47 Å². The van der Waals surface area contributed by atoms with E-state index in [9.17, 15) is 0 Å². The van der Waals surface area contributed by atoms with Crippen molar-refractivity contribution in [2.75, 3.05) is 0 Å². The molecule has 3 saturated carbocycles. The zero-order valence-corrected chi connectivity index (χ0v) is 20.3. The zero-order chi connectivity index (χ0) is 20.9. The molecule has 2 aliphatic heterocycles.